The third kappa shape index (κ3) is 2.60. The number of nitrogens with two attached hydrogens (primary N) is 1. The first-order valence-corrected chi connectivity index (χ1v) is 6.39. The fourth-order valence-corrected chi connectivity index (χ4v) is 3.12. The molecule has 0 aliphatic carbocycles. The van der Waals surface area contributed by atoms with Gasteiger partial charge in [0.15, 0.2) is 0 Å². The summed E-state index contributed by atoms with van der Waals surface area (Å²) < 4.78 is 0. The number of hydrogen-bond acceptors (Lipinski definition) is 3. The molecule has 3 heteroatoms. The summed E-state index contributed by atoms with van der Waals surface area (Å²) in [7, 11) is 0. The second-order valence-electron chi connectivity index (χ2n) is 4.30. The van der Waals surface area contributed by atoms with E-state index in [-0.39, 0.29) is 5.92 Å². The van der Waals surface area contributed by atoms with Crippen molar-refractivity contribution in [3.05, 3.63) is 21.9 Å². The lowest BCUT2D eigenvalue weighted by Gasteiger charge is -2.32. The Morgan fingerprint density at radius 2 is 2.27 bits per heavy atom. The lowest BCUT2D eigenvalue weighted by atomic mass is 9.83. The largest absolute Gasteiger partial charge is 0.384 e. The molecular weight excluding hydrogens is 206 g/mol. The molecule has 0 spiro atoms. The number of rotatable bonds is 5. The van der Waals surface area contributed by atoms with Crippen LogP contribution in [0.1, 0.15) is 37.1 Å². The third-order valence-electron chi connectivity index (χ3n) is 3.04. The fraction of sp³-hybridized carbons (Fsp3) is 0.667. The van der Waals surface area contributed by atoms with Crippen LogP contribution in [0.25, 0.3) is 0 Å². The maximum atomic E-state index is 10.6. The molecule has 0 aromatic carbocycles. The van der Waals surface area contributed by atoms with Gasteiger partial charge in [-0.25, -0.2) is 0 Å². The minimum absolute atomic E-state index is 0.153. The van der Waals surface area contributed by atoms with Crippen LogP contribution in [0.2, 0.25) is 0 Å². The standard InChI is InChI=1S/C12H21NOS/c1-4-5-10(8-13)12(3,14)11-9(2)6-7-15-11/h6-7,10,14H,4-5,8,13H2,1-3H3. The van der Waals surface area contributed by atoms with Crippen LogP contribution in [0, 0.1) is 12.8 Å². The number of aliphatic hydroxyl groups is 1. The van der Waals surface area contributed by atoms with Crippen molar-refractivity contribution in [3.8, 4) is 0 Å². The topological polar surface area (TPSA) is 46.2 Å². The van der Waals surface area contributed by atoms with E-state index < -0.39 is 5.60 Å². The van der Waals surface area contributed by atoms with Crippen molar-refractivity contribution in [1.29, 1.82) is 0 Å². The third-order valence-corrected chi connectivity index (χ3v) is 4.28. The van der Waals surface area contributed by atoms with Gasteiger partial charge in [0, 0.05) is 10.8 Å². The molecule has 0 radical (unpaired) electrons. The zero-order chi connectivity index (χ0) is 11.5. The molecule has 1 aromatic rings. The highest BCUT2D eigenvalue weighted by atomic mass is 32.1. The molecule has 1 heterocycles. The molecule has 0 aliphatic rings. The first-order valence-electron chi connectivity index (χ1n) is 5.51. The van der Waals surface area contributed by atoms with Crippen LogP contribution in [0.15, 0.2) is 11.4 Å². The molecule has 3 N–H and O–H groups in total. The molecule has 2 nitrogen and oxygen atoms in total. The van der Waals surface area contributed by atoms with Crippen LogP contribution < -0.4 is 5.73 Å². The molecule has 2 atom stereocenters. The van der Waals surface area contributed by atoms with Gasteiger partial charge >= 0.3 is 0 Å². The smallest absolute Gasteiger partial charge is 0.100 e. The monoisotopic (exact) mass is 227 g/mol. The van der Waals surface area contributed by atoms with E-state index >= 15 is 0 Å². The number of aryl methyl sites for hydroxylation is 1. The summed E-state index contributed by atoms with van der Waals surface area (Å²) in [5, 5.41) is 12.6. The lowest BCUT2D eigenvalue weighted by molar-refractivity contribution is -0.00334. The maximum Gasteiger partial charge on any atom is 0.100 e. The lowest BCUT2D eigenvalue weighted by Crippen LogP contribution is -2.36. The molecule has 0 amide bonds. The minimum Gasteiger partial charge on any atom is -0.384 e. The van der Waals surface area contributed by atoms with E-state index in [1.54, 1.807) is 11.3 Å². The van der Waals surface area contributed by atoms with Crippen LogP contribution in [0.4, 0.5) is 0 Å². The van der Waals surface area contributed by atoms with Crippen molar-refractivity contribution < 1.29 is 5.11 Å². The predicted octanol–water partition coefficient (Wildman–Crippen LogP) is 2.64. The summed E-state index contributed by atoms with van der Waals surface area (Å²) in [6.07, 6.45) is 2.03. The SMILES string of the molecule is CCCC(CN)C(C)(O)c1sccc1C. The Labute approximate surface area is 96.1 Å². The fourth-order valence-electron chi connectivity index (χ4n) is 2.05. The molecule has 0 saturated heterocycles. The average molecular weight is 227 g/mol. The minimum atomic E-state index is -0.775. The van der Waals surface area contributed by atoms with Crippen molar-refractivity contribution in [3.63, 3.8) is 0 Å². The Balaban J connectivity index is 2.94. The van der Waals surface area contributed by atoms with Gasteiger partial charge in [-0.15, -0.1) is 11.3 Å². The van der Waals surface area contributed by atoms with E-state index in [9.17, 15) is 5.11 Å². The van der Waals surface area contributed by atoms with Gasteiger partial charge in [0.1, 0.15) is 5.60 Å². The van der Waals surface area contributed by atoms with E-state index in [2.05, 4.69) is 6.92 Å². The van der Waals surface area contributed by atoms with E-state index in [1.807, 2.05) is 25.3 Å². The quantitative estimate of drug-likeness (QED) is 0.812. The molecule has 1 rings (SSSR count). The highest BCUT2D eigenvalue weighted by molar-refractivity contribution is 7.10. The van der Waals surface area contributed by atoms with E-state index in [0.717, 1.165) is 17.7 Å². The van der Waals surface area contributed by atoms with Crippen molar-refractivity contribution in [2.24, 2.45) is 11.7 Å². The van der Waals surface area contributed by atoms with Gasteiger partial charge in [-0.3, -0.25) is 0 Å². The summed E-state index contributed by atoms with van der Waals surface area (Å²) in [6.45, 7) is 6.59. The summed E-state index contributed by atoms with van der Waals surface area (Å²) in [5.41, 5.74) is 6.14. The van der Waals surface area contributed by atoms with Crippen molar-refractivity contribution >= 4 is 11.3 Å². The Bertz CT molecular complexity index is 306. The van der Waals surface area contributed by atoms with Crippen LogP contribution in [-0.2, 0) is 5.60 Å². The molecule has 1 aromatic heterocycles. The Hall–Kier alpha value is -0.380. The zero-order valence-corrected chi connectivity index (χ0v) is 10.6. The molecule has 0 fully saturated rings. The van der Waals surface area contributed by atoms with Crippen LogP contribution in [0.3, 0.4) is 0 Å². The van der Waals surface area contributed by atoms with Gasteiger partial charge in [0.2, 0.25) is 0 Å². The Morgan fingerprint density at radius 3 is 2.67 bits per heavy atom. The second kappa shape index (κ2) is 5.10. The highest BCUT2D eigenvalue weighted by Crippen LogP contribution is 2.36. The molecule has 86 valence electrons. The van der Waals surface area contributed by atoms with Crippen LogP contribution >= 0.6 is 11.3 Å². The average Bonchev–Trinajstić information content (AvgIpc) is 2.61. The molecule has 0 aliphatic heterocycles. The van der Waals surface area contributed by atoms with E-state index in [0.29, 0.717) is 6.54 Å². The Kier molecular flexibility index (Phi) is 4.32. The second-order valence-corrected chi connectivity index (χ2v) is 5.22. The maximum absolute atomic E-state index is 10.6. The highest BCUT2D eigenvalue weighted by Gasteiger charge is 2.34. The van der Waals surface area contributed by atoms with Gasteiger partial charge in [-0.2, -0.15) is 0 Å². The van der Waals surface area contributed by atoms with Gasteiger partial charge in [-0.05, 0) is 43.8 Å². The summed E-state index contributed by atoms with van der Waals surface area (Å²) in [5.74, 6) is 0.153. The van der Waals surface area contributed by atoms with Crippen molar-refractivity contribution in [2.75, 3.05) is 6.54 Å². The molecule has 0 saturated carbocycles. The Morgan fingerprint density at radius 1 is 1.60 bits per heavy atom. The van der Waals surface area contributed by atoms with Gasteiger partial charge in [-0.1, -0.05) is 13.3 Å². The first kappa shape index (κ1) is 12.7. The van der Waals surface area contributed by atoms with Crippen molar-refractivity contribution in [2.45, 2.75) is 39.2 Å². The molecule has 15 heavy (non-hydrogen) atoms. The summed E-state index contributed by atoms with van der Waals surface area (Å²) >= 11 is 1.62. The first-order chi connectivity index (χ1) is 7.04. The molecular formula is C12H21NOS. The number of thiophene rings is 1. The van der Waals surface area contributed by atoms with Crippen molar-refractivity contribution in [1.82, 2.24) is 0 Å². The predicted molar refractivity (Wildman–Crippen MR) is 66.1 cm³/mol. The zero-order valence-electron chi connectivity index (χ0n) is 9.79. The summed E-state index contributed by atoms with van der Waals surface area (Å²) in [4.78, 5) is 1.06. The van der Waals surface area contributed by atoms with Crippen LogP contribution in [0.5, 0.6) is 0 Å². The summed E-state index contributed by atoms with van der Waals surface area (Å²) in [6, 6.07) is 2.05. The van der Waals surface area contributed by atoms with E-state index in [1.165, 1.54) is 5.56 Å². The van der Waals surface area contributed by atoms with Crippen LogP contribution in [-0.4, -0.2) is 11.7 Å². The van der Waals surface area contributed by atoms with Gasteiger partial charge in [0.25, 0.3) is 0 Å². The molecule has 2 unspecified atom stereocenters. The normalized spacial score (nSPS) is 17.4. The number of hydrogen-bond donors (Lipinski definition) is 2. The van der Waals surface area contributed by atoms with Gasteiger partial charge < -0.3 is 10.8 Å². The van der Waals surface area contributed by atoms with Gasteiger partial charge in [0.05, 0.1) is 0 Å². The van der Waals surface area contributed by atoms with E-state index in [4.69, 9.17) is 5.73 Å². The molecule has 0 bridgehead atoms.